The molecule has 0 fully saturated rings. The Kier molecular flexibility index (Phi) is 4.81. The van der Waals surface area contributed by atoms with Gasteiger partial charge in [-0.05, 0) is 23.8 Å². The van der Waals surface area contributed by atoms with Gasteiger partial charge in [-0.15, -0.1) is 0 Å². The van der Waals surface area contributed by atoms with Crippen molar-refractivity contribution in [3.05, 3.63) is 71.0 Å². The van der Waals surface area contributed by atoms with E-state index in [1.165, 1.54) is 24.7 Å². The van der Waals surface area contributed by atoms with Crippen LogP contribution in [-0.4, -0.2) is 27.0 Å². The number of furan rings is 1. The lowest BCUT2D eigenvalue weighted by atomic mass is 10.0. The molecule has 2 atom stereocenters. The summed E-state index contributed by atoms with van der Waals surface area (Å²) in [7, 11) is 0. The molecule has 2 unspecified atom stereocenters. The summed E-state index contributed by atoms with van der Waals surface area (Å²) < 4.78 is 5.21. The first-order chi connectivity index (χ1) is 14.0. The van der Waals surface area contributed by atoms with Crippen LogP contribution >= 0.6 is 11.6 Å². The van der Waals surface area contributed by atoms with Crippen molar-refractivity contribution >= 4 is 35.0 Å². The maximum Gasteiger partial charge on any atom is 0.338 e. The van der Waals surface area contributed by atoms with Crippen LogP contribution in [0.4, 0.5) is 11.5 Å². The predicted molar refractivity (Wildman–Crippen MR) is 105 cm³/mol. The van der Waals surface area contributed by atoms with Gasteiger partial charge in [-0.25, -0.2) is 14.8 Å². The number of primary amides is 1. The van der Waals surface area contributed by atoms with Crippen LogP contribution in [0, 0.1) is 0 Å². The number of nitrogens with zero attached hydrogens (tertiary/aromatic N) is 3. The predicted octanol–water partition coefficient (Wildman–Crippen LogP) is 2.97. The molecule has 0 saturated heterocycles. The van der Waals surface area contributed by atoms with E-state index < -0.39 is 24.1 Å². The molecule has 4 N–H and O–H groups in total. The summed E-state index contributed by atoms with van der Waals surface area (Å²) in [5.41, 5.74) is 7.31. The second kappa shape index (κ2) is 7.44. The van der Waals surface area contributed by atoms with Crippen molar-refractivity contribution in [2.24, 2.45) is 5.73 Å². The number of carboxylic acids is 1. The van der Waals surface area contributed by atoms with E-state index in [1.807, 2.05) is 0 Å². The molecular formula is C19H16ClN5O4. The van der Waals surface area contributed by atoms with Crippen molar-refractivity contribution in [2.75, 3.05) is 10.2 Å². The molecule has 29 heavy (non-hydrogen) atoms. The minimum atomic E-state index is -1.12. The maximum absolute atomic E-state index is 11.9. The van der Waals surface area contributed by atoms with Crippen molar-refractivity contribution in [3.63, 3.8) is 0 Å². The van der Waals surface area contributed by atoms with Gasteiger partial charge in [0.05, 0.1) is 36.2 Å². The van der Waals surface area contributed by atoms with Crippen molar-refractivity contribution in [3.8, 4) is 0 Å². The number of nitrogens with one attached hydrogen (secondary N) is 1. The molecule has 3 aromatic rings. The zero-order valence-corrected chi connectivity index (χ0v) is 15.7. The molecule has 0 aromatic carbocycles. The number of nitrogens with two attached hydrogens (primary N) is 1. The third-order valence-corrected chi connectivity index (χ3v) is 4.91. The molecule has 0 spiro atoms. The number of anilines is 2. The number of carbonyl (C=O) groups excluding carboxylic acids is 1. The molecule has 10 heteroatoms. The van der Waals surface area contributed by atoms with Gasteiger partial charge in [0.2, 0.25) is 5.91 Å². The van der Waals surface area contributed by atoms with E-state index in [-0.39, 0.29) is 12.0 Å². The van der Waals surface area contributed by atoms with E-state index in [0.717, 1.165) is 5.56 Å². The zero-order valence-electron chi connectivity index (χ0n) is 14.9. The highest BCUT2D eigenvalue weighted by Gasteiger charge is 2.40. The van der Waals surface area contributed by atoms with E-state index in [2.05, 4.69) is 15.3 Å². The Morgan fingerprint density at radius 1 is 1.31 bits per heavy atom. The van der Waals surface area contributed by atoms with E-state index in [4.69, 9.17) is 21.8 Å². The summed E-state index contributed by atoms with van der Waals surface area (Å²) in [5.74, 6) is -1.28. The van der Waals surface area contributed by atoms with E-state index in [9.17, 15) is 14.7 Å². The lowest BCUT2D eigenvalue weighted by Gasteiger charge is -2.34. The summed E-state index contributed by atoms with van der Waals surface area (Å²) in [6.07, 6.45) is 5.40. The third kappa shape index (κ3) is 3.47. The number of pyridine rings is 2. The van der Waals surface area contributed by atoms with Crippen LogP contribution in [0.25, 0.3) is 0 Å². The van der Waals surface area contributed by atoms with Gasteiger partial charge in [0.1, 0.15) is 11.3 Å². The molecule has 148 valence electrons. The van der Waals surface area contributed by atoms with Crippen LogP contribution in [0.5, 0.6) is 0 Å². The van der Waals surface area contributed by atoms with Gasteiger partial charge in [-0.1, -0.05) is 17.7 Å². The fourth-order valence-corrected chi connectivity index (χ4v) is 3.60. The number of rotatable bonds is 6. The summed E-state index contributed by atoms with van der Waals surface area (Å²) >= 11 is 5.91. The largest absolute Gasteiger partial charge is 0.478 e. The number of carbonyl (C=O) groups is 2. The number of aromatic carboxylic acids is 1. The summed E-state index contributed by atoms with van der Waals surface area (Å²) in [6.45, 7) is 0. The second-order valence-corrected chi connectivity index (χ2v) is 6.86. The van der Waals surface area contributed by atoms with Gasteiger partial charge in [0.15, 0.2) is 5.82 Å². The Labute approximate surface area is 170 Å². The van der Waals surface area contributed by atoms with Gasteiger partial charge in [-0.2, -0.15) is 0 Å². The SMILES string of the molecule is NC(=O)CC(c1ccc(Cl)nc1)N1c2c(C(=O)O)ccnc2NC1c1ccoc1. The Morgan fingerprint density at radius 3 is 2.76 bits per heavy atom. The highest BCUT2D eigenvalue weighted by atomic mass is 35.5. The lowest BCUT2D eigenvalue weighted by molar-refractivity contribution is -0.118. The molecule has 0 bridgehead atoms. The van der Waals surface area contributed by atoms with Crippen LogP contribution in [0.1, 0.15) is 40.1 Å². The molecule has 0 aliphatic carbocycles. The lowest BCUT2D eigenvalue weighted by Crippen LogP contribution is -2.35. The van der Waals surface area contributed by atoms with E-state index in [0.29, 0.717) is 22.2 Å². The quantitative estimate of drug-likeness (QED) is 0.525. The molecule has 0 saturated carbocycles. The van der Waals surface area contributed by atoms with Gasteiger partial charge >= 0.3 is 5.97 Å². The van der Waals surface area contributed by atoms with Gasteiger partial charge < -0.3 is 25.5 Å². The average Bonchev–Trinajstić information content (AvgIpc) is 3.34. The number of hydrogen-bond donors (Lipinski definition) is 3. The molecule has 1 aliphatic heterocycles. The first-order valence-corrected chi connectivity index (χ1v) is 9.02. The number of amides is 1. The standard InChI is InChI=1S/C19H16ClN5O4/c20-14-2-1-10(8-23-14)13(7-15(21)26)25-16-12(19(27)28)3-5-22-17(16)24-18(25)11-4-6-29-9-11/h1-6,8-9,13,18H,7H2,(H2,21,26)(H,22,24)(H,27,28). The number of fused-ring (bicyclic) bond motifs is 1. The van der Waals surface area contributed by atoms with E-state index >= 15 is 0 Å². The molecule has 0 radical (unpaired) electrons. The Morgan fingerprint density at radius 2 is 2.14 bits per heavy atom. The van der Waals surface area contributed by atoms with Crippen LogP contribution in [-0.2, 0) is 4.79 Å². The third-order valence-electron chi connectivity index (χ3n) is 4.69. The Hall–Kier alpha value is -3.59. The highest BCUT2D eigenvalue weighted by Crippen LogP contribution is 2.47. The van der Waals surface area contributed by atoms with Crippen LogP contribution in [0.3, 0.4) is 0 Å². The van der Waals surface area contributed by atoms with Crippen LogP contribution in [0.2, 0.25) is 5.15 Å². The number of aromatic nitrogens is 2. The van der Waals surface area contributed by atoms with Crippen LogP contribution in [0.15, 0.2) is 53.6 Å². The van der Waals surface area contributed by atoms with Crippen molar-refractivity contribution in [2.45, 2.75) is 18.6 Å². The number of hydrogen-bond acceptors (Lipinski definition) is 7. The van der Waals surface area contributed by atoms with Crippen LogP contribution < -0.4 is 16.0 Å². The monoisotopic (exact) mass is 413 g/mol. The van der Waals surface area contributed by atoms with Gasteiger partial charge in [-0.3, -0.25) is 4.79 Å². The van der Waals surface area contributed by atoms with Crippen molar-refractivity contribution in [1.29, 1.82) is 0 Å². The maximum atomic E-state index is 11.9. The molecular weight excluding hydrogens is 398 g/mol. The molecule has 4 heterocycles. The minimum Gasteiger partial charge on any atom is -0.478 e. The Bertz CT molecular complexity index is 1050. The first kappa shape index (κ1) is 18.8. The minimum absolute atomic E-state index is 0.0462. The fraction of sp³-hybridized carbons (Fsp3) is 0.158. The Balaban J connectivity index is 1.91. The summed E-state index contributed by atoms with van der Waals surface area (Å²) in [4.78, 5) is 34.0. The van der Waals surface area contributed by atoms with Crippen molar-refractivity contribution in [1.82, 2.24) is 9.97 Å². The first-order valence-electron chi connectivity index (χ1n) is 8.64. The molecule has 9 nitrogen and oxygen atoms in total. The molecule has 4 rings (SSSR count). The smallest absolute Gasteiger partial charge is 0.338 e. The number of halogens is 1. The fourth-order valence-electron chi connectivity index (χ4n) is 3.48. The highest BCUT2D eigenvalue weighted by molar-refractivity contribution is 6.29. The average molecular weight is 414 g/mol. The van der Waals surface area contributed by atoms with E-state index in [1.54, 1.807) is 29.4 Å². The molecule has 1 amide bonds. The summed E-state index contributed by atoms with van der Waals surface area (Å²) in [5, 5.41) is 13.2. The zero-order chi connectivity index (χ0) is 20.5. The topological polar surface area (TPSA) is 135 Å². The molecule has 1 aliphatic rings. The summed E-state index contributed by atoms with van der Waals surface area (Å²) in [6, 6.07) is 5.87. The van der Waals surface area contributed by atoms with Crippen molar-refractivity contribution < 1.29 is 19.1 Å². The van der Waals surface area contributed by atoms with Gasteiger partial charge in [0.25, 0.3) is 0 Å². The molecule has 3 aromatic heterocycles. The van der Waals surface area contributed by atoms with Gasteiger partial charge in [0, 0.05) is 18.0 Å². The second-order valence-electron chi connectivity index (χ2n) is 6.47. The number of carboxylic acid groups (broad SMARTS) is 1. The normalized spacial score (nSPS) is 16.2.